The molecule has 108 valence electrons. The molecule has 0 aliphatic rings. The summed E-state index contributed by atoms with van der Waals surface area (Å²) in [4.78, 5) is 4.56. The highest BCUT2D eigenvalue weighted by Gasteiger charge is 2.18. The first-order valence-electron chi connectivity index (χ1n) is 7.19. The fourth-order valence-corrected chi connectivity index (χ4v) is 2.42. The molecule has 3 aromatic rings. The Morgan fingerprint density at radius 3 is 2.57 bits per heavy atom. The Balaban J connectivity index is 1.82. The molecule has 2 heterocycles. The minimum absolute atomic E-state index is 0.0650. The van der Waals surface area contributed by atoms with Crippen molar-refractivity contribution in [2.75, 3.05) is 0 Å². The van der Waals surface area contributed by atoms with E-state index in [0.717, 1.165) is 17.1 Å². The summed E-state index contributed by atoms with van der Waals surface area (Å²) < 4.78 is 8.01. The molecule has 0 atom stereocenters. The van der Waals surface area contributed by atoms with Crippen molar-refractivity contribution in [3.05, 3.63) is 66.1 Å². The number of nitrogens with zero attached hydrogens (tertiary/aromatic N) is 2. The molecule has 3 rings (SSSR count). The molecule has 0 spiro atoms. The largest absolute Gasteiger partial charge is 0.487 e. The fraction of sp³-hybridized carbons (Fsp3) is 0.278. The lowest BCUT2D eigenvalue weighted by atomic mass is 9.86. The molecular weight excluding hydrogens is 260 g/mol. The average molecular weight is 280 g/mol. The SMILES string of the molecule is CC(C)(C)c1ccccc1OCc1cn2ccccc2n1. The van der Waals surface area contributed by atoms with Crippen LogP contribution in [0.4, 0.5) is 0 Å². The summed E-state index contributed by atoms with van der Waals surface area (Å²) in [6, 6.07) is 14.2. The summed E-state index contributed by atoms with van der Waals surface area (Å²) in [5, 5.41) is 0. The quantitative estimate of drug-likeness (QED) is 0.718. The maximum Gasteiger partial charge on any atom is 0.137 e. The van der Waals surface area contributed by atoms with Crippen LogP contribution in [0, 0.1) is 0 Å². The molecule has 3 heteroatoms. The van der Waals surface area contributed by atoms with Crippen LogP contribution >= 0.6 is 0 Å². The number of aromatic nitrogens is 2. The highest BCUT2D eigenvalue weighted by atomic mass is 16.5. The van der Waals surface area contributed by atoms with Gasteiger partial charge < -0.3 is 9.14 Å². The van der Waals surface area contributed by atoms with Gasteiger partial charge >= 0.3 is 0 Å². The maximum absolute atomic E-state index is 6.00. The van der Waals surface area contributed by atoms with E-state index in [0.29, 0.717) is 6.61 Å². The number of benzene rings is 1. The van der Waals surface area contributed by atoms with Gasteiger partial charge in [-0.25, -0.2) is 4.98 Å². The van der Waals surface area contributed by atoms with Gasteiger partial charge in [0, 0.05) is 12.4 Å². The summed E-state index contributed by atoms with van der Waals surface area (Å²) in [6.45, 7) is 7.06. The van der Waals surface area contributed by atoms with Crippen LogP contribution in [0.3, 0.4) is 0 Å². The number of pyridine rings is 1. The zero-order valence-corrected chi connectivity index (χ0v) is 12.7. The Bertz CT molecular complexity index is 720. The second-order valence-electron chi connectivity index (χ2n) is 6.23. The van der Waals surface area contributed by atoms with E-state index < -0.39 is 0 Å². The lowest BCUT2D eigenvalue weighted by Crippen LogP contribution is -2.13. The van der Waals surface area contributed by atoms with Crippen molar-refractivity contribution in [1.29, 1.82) is 0 Å². The van der Waals surface area contributed by atoms with Crippen LogP contribution in [0.25, 0.3) is 5.65 Å². The summed E-state index contributed by atoms with van der Waals surface area (Å²) in [5.74, 6) is 0.932. The molecule has 0 aliphatic heterocycles. The minimum atomic E-state index is 0.0650. The zero-order chi connectivity index (χ0) is 14.9. The van der Waals surface area contributed by atoms with Crippen molar-refractivity contribution in [2.45, 2.75) is 32.8 Å². The molecular formula is C18H20N2O. The number of para-hydroxylation sites is 1. The van der Waals surface area contributed by atoms with Gasteiger partial charge in [-0.05, 0) is 29.2 Å². The Labute approximate surface area is 125 Å². The van der Waals surface area contributed by atoms with Crippen molar-refractivity contribution in [3.8, 4) is 5.75 Å². The summed E-state index contributed by atoms with van der Waals surface area (Å²) in [7, 11) is 0. The van der Waals surface area contributed by atoms with Gasteiger partial charge in [0.2, 0.25) is 0 Å². The first-order chi connectivity index (χ1) is 10.0. The number of ether oxygens (including phenoxy) is 1. The first-order valence-corrected chi connectivity index (χ1v) is 7.19. The molecule has 0 N–H and O–H groups in total. The third-order valence-electron chi connectivity index (χ3n) is 3.48. The smallest absolute Gasteiger partial charge is 0.137 e. The van der Waals surface area contributed by atoms with Crippen molar-refractivity contribution in [1.82, 2.24) is 9.38 Å². The Kier molecular flexibility index (Phi) is 3.42. The van der Waals surface area contributed by atoms with Crippen molar-refractivity contribution in [2.24, 2.45) is 0 Å². The molecule has 0 saturated carbocycles. The van der Waals surface area contributed by atoms with E-state index in [1.165, 1.54) is 5.56 Å². The maximum atomic E-state index is 6.00. The van der Waals surface area contributed by atoms with Gasteiger partial charge in [-0.15, -0.1) is 0 Å². The predicted octanol–water partition coefficient (Wildman–Crippen LogP) is 4.21. The van der Waals surface area contributed by atoms with E-state index >= 15 is 0 Å². The molecule has 0 fully saturated rings. The van der Waals surface area contributed by atoms with Crippen LogP contribution in [0.1, 0.15) is 32.0 Å². The first kappa shape index (κ1) is 13.7. The van der Waals surface area contributed by atoms with Gasteiger partial charge in [0.25, 0.3) is 0 Å². The molecule has 0 unspecified atom stereocenters. The van der Waals surface area contributed by atoms with Crippen LogP contribution < -0.4 is 4.74 Å². The van der Waals surface area contributed by atoms with E-state index in [1.807, 2.05) is 47.1 Å². The van der Waals surface area contributed by atoms with E-state index in [1.54, 1.807) is 0 Å². The van der Waals surface area contributed by atoms with Crippen LogP contribution in [-0.4, -0.2) is 9.38 Å². The van der Waals surface area contributed by atoms with Crippen LogP contribution in [-0.2, 0) is 12.0 Å². The van der Waals surface area contributed by atoms with E-state index in [-0.39, 0.29) is 5.41 Å². The summed E-state index contributed by atoms with van der Waals surface area (Å²) in [6.07, 6.45) is 4.00. The van der Waals surface area contributed by atoms with Crippen molar-refractivity contribution in [3.63, 3.8) is 0 Å². The van der Waals surface area contributed by atoms with Crippen LogP contribution in [0.15, 0.2) is 54.9 Å². The second-order valence-corrected chi connectivity index (χ2v) is 6.23. The number of hydrogen-bond acceptors (Lipinski definition) is 2. The third-order valence-corrected chi connectivity index (χ3v) is 3.48. The van der Waals surface area contributed by atoms with Gasteiger partial charge in [0.05, 0.1) is 5.69 Å². The average Bonchev–Trinajstić information content (AvgIpc) is 2.87. The van der Waals surface area contributed by atoms with Gasteiger partial charge in [-0.1, -0.05) is 45.0 Å². The highest BCUT2D eigenvalue weighted by Crippen LogP contribution is 2.31. The number of rotatable bonds is 3. The molecule has 21 heavy (non-hydrogen) atoms. The molecule has 0 amide bonds. The summed E-state index contributed by atoms with van der Waals surface area (Å²) >= 11 is 0. The van der Waals surface area contributed by atoms with Gasteiger partial charge in [0.15, 0.2) is 0 Å². The second kappa shape index (κ2) is 5.24. The monoisotopic (exact) mass is 280 g/mol. The summed E-state index contributed by atoms with van der Waals surface area (Å²) in [5.41, 5.74) is 3.16. The topological polar surface area (TPSA) is 26.5 Å². The normalized spacial score (nSPS) is 11.8. The lowest BCUT2D eigenvalue weighted by Gasteiger charge is -2.22. The molecule has 0 aliphatic carbocycles. The van der Waals surface area contributed by atoms with Crippen molar-refractivity contribution >= 4 is 5.65 Å². The molecule has 0 bridgehead atoms. The minimum Gasteiger partial charge on any atom is -0.487 e. The number of imidazole rings is 1. The predicted molar refractivity (Wildman–Crippen MR) is 84.7 cm³/mol. The van der Waals surface area contributed by atoms with Crippen molar-refractivity contribution < 1.29 is 4.74 Å². The van der Waals surface area contributed by atoms with Gasteiger partial charge in [0.1, 0.15) is 18.0 Å². The number of fused-ring (bicyclic) bond motifs is 1. The van der Waals surface area contributed by atoms with E-state index in [2.05, 4.69) is 37.9 Å². The van der Waals surface area contributed by atoms with E-state index in [4.69, 9.17) is 4.74 Å². The molecule has 2 aromatic heterocycles. The Hall–Kier alpha value is -2.29. The fourth-order valence-electron chi connectivity index (χ4n) is 2.42. The Morgan fingerprint density at radius 2 is 1.81 bits per heavy atom. The number of hydrogen-bond donors (Lipinski definition) is 0. The van der Waals surface area contributed by atoms with Crippen LogP contribution in [0.2, 0.25) is 0 Å². The molecule has 0 radical (unpaired) electrons. The van der Waals surface area contributed by atoms with Gasteiger partial charge in [-0.3, -0.25) is 0 Å². The van der Waals surface area contributed by atoms with Gasteiger partial charge in [-0.2, -0.15) is 0 Å². The highest BCUT2D eigenvalue weighted by molar-refractivity contribution is 5.40. The lowest BCUT2D eigenvalue weighted by molar-refractivity contribution is 0.293. The van der Waals surface area contributed by atoms with Crippen LogP contribution in [0.5, 0.6) is 5.75 Å². The zero-order valence-electron chi connectivity index (χ0n) is 12.7. The standard InChI is InChI=1S/C18H20N2O/c1-18(2,3)15-8-4-5-9-16(15)21-13-14-12-20-11-7-6-10-17(20)19-14/h4-12H,13H2,1-3H3. The molecule has 3 nitrogen and oxygen atoms in total. The third kappa shape index (κ3) is 2.92. The molecule has 0 saturated heterocycles. The molecule has 1 aromatic carbocycles. The van der Waals surface area contributed by atoms with E-state index in [9.17, 15) is 0 Å². The Morgan fingerprint density at radius 1 is 1.05 bits per heavy atom.